The van der Waals surface area contributed by atoms with Crippen LogP contribution in [0.3, 0.4) is 0 Å². The number of nitrogens with one attached hydrogen (secondary N) is 4. The highest BCUT2D eigenvalue weighted by Crippen LogP contribution is 2.16. The molecule has 0 aromatic carbocycles. The molecular formula is C28H72N4O12Si4. The van der Waals surface area contributed by atoms with Crippen LogP contribution in [0.2, 0.25) is 24.2 Å². The van der Waals surface area contributed by atoms with Gasteiger partial charge in [0.2, 0.25) is 0 Å². The Hall–Kier alpha value is 0.228. The predicted molar refractivity (Wildman–Crippen MR) is 196 cm³/mol. The lowest BCUT2D eigenvalue weighted by atomic mass is 10.4. The lowest BCUT2D eigenvalue weighted by Crippen LogP contribution is -2.43. The summed E-state index contributed by atoms with van der Waals surface area (Å²) >= 11 is 0. The molecule has 0 aliphatic rings. The molecule has 16 nitrogen and oxygen atoms in total. The molecule has 4 N–H and O–H groups in total. The summed E-state index contributed by atoms with van der Waals surface area (Å²) in [6, 6.07) is 3.26. The number of hydrogen-bond acceptors (Lipinski definition) is 16. The molecule has 0 heterocycles. The van der Waals surface area contributed by atoms with Crippen molar-refractivity contribution in [2.75, 3.05) is 138 Å². The van der Waals surface area contributed by atoms with Crippen LogP contribution in [0.5, 0.6) is 0 Å². The van der Waals surface area contributed by atoms with E-state index >= 15 is 0 Å². The first-order valence-corrected chi connectivity index (χ1v) is 24.3. The van der Waals surface area contributed by atoms with Gasteiger partial charge < -0.3 is 74.4 Å². The van der Waals surface area contributed by atoms with Crippen LogP contribution in [-0.4, -0.2) is 173 Å². The van der Waals surface area contributed by atoms with Gasteiger partial charge in [-0.15, -0.1) is 0 Å². The summed E-state index contributed by atoms with van der Waals surface area (Å²) in [5, 5.41) is 13.6. The highest BCUT2D eigenvalue weighted by atomic mass is 28.4. The van der Waals surface area contributed by atoms with E-state index in [0.29, 0.717) is 0 Å². The fraction of sp³-hybridized carbons (Fsp3) is 1.00. The molecule has 0 spiro atoms. The van der Waals surface area contributed by atoms with Crippen LogP contribution in [0.15, 0.2) is 0 Å². The van der Waals surface area contributed by atoms with Crippen LogP contribution >= 0.6 is 0 Å². The van der Waals surface area contributed by atoms with Gasteiger partial charge in [-0.1, -0.05) is 0 Å². The van der Waals surface area contributed by atoms with E-state index in [-0.39, 0.29) is 0 Å². The third kappa shape index (κ3) is 21.6. The topological polar surface area (TPSA) is 159 Å². The van der Waals surface area contributed by atoms with E-state index in [1.165, 1.54) is 0 Å². The van der Waals surface area contributed by atoms with E-state index in [1.807, 2.05) is 0 Å². The molecule has 0 aromatic rings. The standard InChI is InChI=1S/2C14H36N2O6Si2/c2*1-17-23(18-2,19-3)13-7-9-15-11-12-16-10-8-14-24(20-4,21-5)22-6/h2*15-16H,7-14H2,1-6H3. The molecule has 0 bridgehead atoms. The summed E-state index contributed by atoms with van der Waals surface area (Å²) < 4.78 is 64.7. The molecule has 0 amide bonds. The molecule has 48 heavy (non-hydrogen) atoms. The van der Waals surface area contributed by atoms with Crippen molar-refractivity contribution in [2.24, 2.45) is 0 Å². The van der Waals surface area contributed by atoms with Gasteiger partial charge in [0.1, 0.15) is 0 Å². The fourth-order valence-corrected chi connectivity index (χ4v) is 11.7. The Morgan fingerprint density at radius 2 is 0.396 bits per heavy atom. The smallest absolute Gasteiger partial charge is 0.377 e. The zero-order valence-electron chi connectivity index (χ0n) is 32.2. The first kappa shape index (κ1) is 50.3. The van der Waals surface area contributed by atoms with Crippen molar-refractivity contribution in [1.82, 2.24) is 21.3 Å². The van der Waals surface area contributed by atoms with Crippen molar-refractivity contribution in [3.8, 4) is 0 Å². The van der Waals surface area contributed by atoms with E-state index in [0.717, 1.165) is 102 Å². The Bertz CT molecular complexity index is 556. The molecule has 0 rings (SSSR count). The summed E-state index contributed by atoms with van der Waals surface area (Å²) in [4.78, 5) is 0. The summed E-state index contributed by atoms with van der Waals surface area (Å²) in [5.41, 5.74) is 0. The van der Waals surface area contributed by atoms with Crippen molar-refractivity contribution in [1.29, 1.82) is 0 Å². The van der Waals surface area contributed by atoms with E-state index in [4.69, 9.17) is 53.1 Å². The van der Waals surface area contributed by atoms with Crippen molar-refractivity contribution in [3.05, 3.63) is 0 Å². The van der Waals surface area contributed by atoms with Crippen LogP contribution in [0, 0.1) is 0 Å². The van der Waals surface area contributed by atoms with Gasteiger partial charge in [-0.3, -0.25) is 0 Å². The quantitative estimate of drug-likeness (QED) is 0.0550. The van der Waals surface area contributed by atoms with Gasteiger partial charge in [-0.05, 0) is 51.9 Å². The molecule has 20 heteroatoms. The Balaban J connectivity index is 0. The SMILES string of the molecule is CO[Si](CCCNCCNCCC[Si](OC)(OC)OC)(OC)OC.CO[Si](CCCNCCNCCC[Si](OC)(OC)OC)(OC)OC. The largest absolute Gasteiger partial charge is 0.500 e. The second-order valence-corrected chi connectivity index (χ2v) is 23.0. The van der Waals surface area contributed by atoms with Crippen molar-refractivity contribution < 1.29 is 53.1 Å². The van der Waals surface area contributed by atoms with E-state index in [9.17, 15) is 0 Å². The Morgan fingerprint density at radius 3 is 0.521 bits per heavy atom. The molecule has 0 saturated heterocycles. The van der Waals surface area contributed by atoms with Crippen molar-refractivity contribution in [3.63, 3.8) is 0 Å². The Morgan fingerprint density at radius 1 is 0.250 bits per heavy atom. The average Bonchev–Trinajstić information content (AvgIpc) is 3.14. The predicted octanol–water partition coefficient (Wildman–Crippen LogP) is 1.40. The average molecular weight is 769 g/mol. The lowest BCUT2D eigenvalue weighted by molar-refractivity contribution is 0.122. The lowest BCUT2D eigenvalue weighted by Gasteiger charge is -2.24. The summed E-state index contributed by atoms with van der Waals surface area (Å²) in [7, 11) is 10.0. The van der Waals surface area contributed by atoms with Crippen LogP contribution in [0.25, 0.3) is 0 Å². The van der Waals surface area contributed by atoms with Gasteiger partial charge in [-0.25, -0.2) is 0 Å². The maximum atomic E-state index is 5.39. The molecule has 0 radical (unpaired) electrons. The zero-order chi connectivity index (χ0) is 36.6. The number of rotatable bonds is 34. The van der Waals surface area contributed by atoms with Gasteiger partial charge in [0.25, 0.3) is 0 Å². The molecule has 0 unspecified atom stereocenters. The van der Waals surface area contributed by atoms with Crippen molar-refractivity contribution in [2.45, 2.75) is 49.9 Å². The summed E-state index contributed by atoms with van der Waals surface area (Å²) in [6.45, 7) is 7.34. The van der Waals surface area contributed by atoms with Gasteiger partial charge in [0.05, 0.1) is 0 Å². The minimum Gasteiger partial charge on any atom is -0.377 e. The minimum absolute atomic E-state index is 0.814. The van der Waals surface area contributed by atoms with Gasteiger partial charge in [0.15, 0.2) is 0 Å². The third-order valence-corrected chi connectivity index (χ3v) is 19.4. The maximum absolute atomic E-state index is 5.39. The first-order valence-electron chi connectivity index (χ1n) is 16.6. The van der Waals surface area contributed by atoms with Crippen molar-refractivity contribution >= 4 is 35.2 Å². The molecule has 0 fully saturated rings. The highest BCUT2D eigenvalue weighted by molar-refractivity contribution is 6.61. The Kier molecular flexibility index (Phi) is 33.5. The molecular weight excluding hydrogens is 697 g/mol. The zero-order valence-corrected chi connectivity index (χ0v) is 36.2. The van der Waals surface area contributed by atoms with Gasteiger partial charge >= 0.3 is 35.2 Å². The summed E-state index contributed by atoms with van der Waals surface area (Å²) in [6.07, 6.45) is 3.85. The molecule has 0 aliphatic heterocycles. The molecule has 0 aliphatic carbocycles. The summed E-state index contributed by atoms with van der Waals surface area (Å²) in [5.74, 6) is 0. The first-order chi connectivity index (χ1) is 23.1. The minimum atomic E-state index is -2.42. The monoisotopic (exact) mass is 768 g/mol. The van der Waals surface area contributed by atoms with Crippen LogP contribution in [0.1, 0.15) is 25.7 Å². The van der Waals surface area contributed by atoms with Crippen LogP contribution < -0.4 is 21.3 Å². The van der Waals surface area contributed by atoms with E-state index in [1.54, 1.807) is 85.3 Å². The van der Waals surface area contributed by atoms with Crippen LogP contribution in [0.4, 0.5) is 0 Å². The van der Waals surface area contributed by atoms with Gasteiger partial charge in [-0.2, -0.15) is 0 Å². The number of hydrogen-bond donors (Lipinski definition) is 4. The van der Waals surface area contributed by atoms with Gasteiger partial charge in [0, 0.05) is 136 Å². The fourth-order valence-electron chi connectivity index (χ4n) is 4.80. The third-order valence-electron chi connectivity index (χ3n) is 8.04. The van der Waals surface area contributed by atoms with E-state index in [2.05, 4.69) is 21.3 Å². The molecule has 0 atom stereocenters. The molecule has 292 valence electrons. The molecule has 0 aromatic heterocycles. The molecule has 0 saturated carbocycles. The van der Waals surface area contributed by atoms with E-state index < -0.39 is 35.2 Å². The normalized spacial score (nSPS) is 12.8. The highest BCUT2D eigenvalue weighted by Gasteiger charge is 2.39. The second kappa shape index (κ2) is 31.9. The second-order valence-electron chi connectivity index (χ2n) is 10.6. The Labute approximate surface area is 296 Å². The maximum Gasteiger partial charge on any atom is 0.500 e. The van der Waals surface area contributed by atoms with Crippen LogP contribution in [-0.2, 0) is 53.1 Å².